The molecule has 0 radical (unpaired) electrons. The third-order valence-corrected chi connectivity index (χ3v) is 20.1. The van der Waals surface area contributed by atoms with Crippen LogP contribution in [0.25, 0.3) is 0 Å². The van der Waals surface area contributed by atoms with Gasteiger partial charge in [-0.3, -0.25) is 37.3 Å². The van der Waals surface area contributed by atoms with Gasteiger partial charge in [-0.2, -0.15) is 0 Å². The monoisotopic (exact) mass is 1420 g/mol. The van der Waals surface area contributed by atoms with Gasteiger partial charge in [0.2, 0.25) is 0 Å². The molecule has 19 heteroatoms. The summed E-state index contributed by atoms with van der Waals surface area (Å²) in [5.74, 6) is -0.583. The van der Waals surface area contributed by atoms with Crippen LogP contribution in [0.15, 0.2) is 0 Å². The number of aliphatic hydroxyl groups is 1. The van der Waals surface area contributed by atoms with Crippen LogP contribution in [0.1, 0.15) is 408 Å². The van der Waals surface area contributed by atoms with E-state index in [1.54, 1.807) is 0 Å². The van der Waals surface area contributed by atoms with E-state index in [1.165, 1.54) is 212 Å². The van der Waals surface area contributed by atoms with E-state index in [0.29, 0.717) is 25.7 Å². The fourth-order valence-electron chi connectivity index (χ4n) is 12.0. The maximum atomic E-state index is 13.1. The molecule has 5 atom stereocenters. The molecule has 2 unspecified atom stereocenters. The smallest absolute Gasteiger partial charge is 0.462 e. The molecule has 0 aromatic heterocycles. The zero-order valence-corrected chi connectivity index (χ0v) is 65.2. The number of hydrogen-bond donors (Lipinski definition) is 3. The molecular formula is C78H152O17P2. The Balaban J connectivity index is 5.15. The van der Waals surface area contributed by atoms with E-state index in [2.05, 4.69) is 41.5 Å². The second-order valence-corrected chi connectivity index (χ2v) is 32.0. The highest BCUT2D eigenvalue weighted by Crippen LogP contribution is 2.45. The van der Waals surface area contributed by atoms with Crippen molar-refractivity contribution in [3.05, 3.63) is 0 Å². The summed E-state index contributed by atoms with van der Waals surface area (Å²) in [6.07, 6.45) is 58.6. The Morgan fingerprint density at radius 1 is 0.278 bits per heavy atom. The third kappa shape index (κ3) is 72.2. The number of carbonyl (C=O) groups is 4. The molecule has 576 valence electrons. The summed E-state index contributed by atoms with van der Waals surface area (Å²) in [5.41, 5.74) is 0. The van der Waals surface area contributed by atoms with Crippen molar-refractivity contribution in [1.29, 1.82) is 0 Å². The first kappa shape index (κ1) is 95.1. The van der Waals surface area contributed by atoms with Gasteiger partial charge in [0.1, 0.15) is 19.3 Å². The first-order valence-corrected chi connectivity index (χ1v) is 43.5. The highest BCUT2D eigenvalue weighted by atomic mass is 31.2. The van der Waals surface area contributed by atoms with Crippen molar-refractivity contribution in [2.24, 2.45) is 11.8 Å². The lowest BCUT2D eigenvalue weighted by atomic mass is 10.0. The molecule has 0 saturated carbocycles. The minimum Gasteiger partial charge on any atom is -0.462 e. The van der Waals surface area contributed by atoms with Gasteiger partial charge in [0.25, 0.3) is 0 Å². The summed E-state index contributed by atoms with van der Waals surface area (Å²) < 4.78 is 68.5. The number of unbranched alkanes of at least 4 members (excludes halogenated alkanes) is 47. The first-order chi connectivity index (χ1) is 46.9. The van der Waals surface area contributed by atoms with Crippen LogP contribution >= 0.6 is 15.6 Å². The van der Waals surface area contributed by atoms with Gasteiger partial charge in [-0.1, -0.05) is 356 Å². The lowest BCUT2D eigenvalue weighted by Gasteiger charge is -2.21. The Bertz CT molecular complexity index is 1870. The molecule has 0 amide bonds. The van der Waals surface area contributed by atoms with Crippen molar-refractivity contribution in [3.8, 4) is 0 Å². The molecule has 0 bridgehead atoms. The summed E-state index contributed by atoms with van der Waals surface area (Å²) in [7, 11) is -9.91. The molecule has 0 fully saturated rings. The van der Waals surface area contributed by atoms with Gasteiger partial charge in [0, 0.05) is 25.7 Å². The van der Waals surface area contributed by atoms with Crippen LogP contribution in [0, 0.1) is 11.8 Å². The van der Waals surface area contributed by atoms with Crippen molar-refractivity contribution in [1.82, 2.24) is 0 Å². The lowest BCUT2D eigenvalue weighted by molar-refractivity contribution is -0.161. The summed E-state index contributed by atoms with van der Waals surface area (Å²) in [6.45, 7) is 9.57. The second kappa shape index (κ2) is 69.8. The van der Waals surface area contributed by atoms with E-state index in [0.717, 1.165) is 115 Å². The molecular weight excluding hydrogens is 1270 g/mol. The highest BCUT2D eigenvalue weighted by Gasteiger charge is 2.30. The predicted octanol–water partition coefficient (Wildman–Crippen LogP) is 23.1. The number of phosphoric ester groups is 2. The number of carbonyl (C=O) groups excluding carboxylic acids is 4. The molecule has 17 nitrogen and oxygen atoms in total. The van der Waals surface area contributed by atoms with Crippen LogP contribution in [0.5, 0.6) is 0 Å². The minimum absolute atomic E-state index is 0.106. The van der Waals surface area contributed by atoms with Gasteiger partial charge in [0.15, 0.2) is 12.2 Å². The summed E-state index contributed by atoms with van der Waals surface area (Å²) in [5, 5.41) is 10.6. The SMILES string of the molecule is CCCCCCCCCCCCCCCCCCCCCCCCC(=O)O[C@H](COC(=O)CCCCCCCCCCCCCC(C)C)COP(=O)(O)OC[C@@H](O)COP(=O)(O)OC[C@@H](COC(=O)CCCCCCCCC)OC(=O)CCCCCCCCCCCCCC(C)C. The summed E-state index contributed by atoms with van der Waals surface area (Å²) >= 11 is 0. The number of phosphoric acid groups is 2. The Kier molecular flexibility index (Phi) is 68.4. The quantitative estimate of drug-likeness (QED) is 0.0222. The van der Waals surface area contributed by atoms with Gasteiger partial charge in [-0.15, -0.1) is 0 Å². The Morgan fingerprint density at radius 2 is 0.474 bits per heavy atom. The van der Waals surface area contributed by atoms with E-state index < -0.39 is 97.5 Å². The third-order valence-electron chi connectivity index (χ3n) is 18.2. The van der Waals surface area contributed by atoms with Crippen molar-refractivity contribution >= 4 is 39.5 Å². The van der Waals surface area contributed by atoms with Gasteiger partial charge >= 0.3 is 39.5 Å². The van der Waals surface area contributed by atoms with Gasteiger partial charge < -0.3 is 33.8 Å². The number of esters is 4. The van der Waals surface area contributed by atoms with E-state index in [4.69, 9.17) is 37.0 Å². The maximum Gasteiger partial charge on any atom is 0.472 e. The van der Waals surface area contributed by atoms with Crippen molar-refractivity contribution in [2.45, 2.75) is 426 Å². The fourth-order valence-corrected chi connectivity index (χ4v) is 13.6. The number of aliphatic hydroxyl groups excluding tert-OH is 1. The average Bonchev–Trinajstić information content (AvgIpc) is 2.35. The van der Waals surface area contributed by atoms with Crippen LogP contribution in [0.2, 0.25) is 0 Å². The van der Waals surface area contributed by atoms with Crippen LogP contribution < -0.4 is 0 Å². The molecule has 0 rings (SSSR count). The minimum atomic E-state index is -4.96. The molecule has 0 aromatic rings. The maximum absolute atomic E-state index is 13.1. The lowest BCUT2D eigenvalue weighted by Crippen LogP contribution is -2.30. The molecule has 0 spiro atoms. The topological polar surface area (TPSA) is 237 Å². The molecule has 0 aliphatic heterocycles. The summed E-state index contributed by atoms with van der Waals surface area (Å²) in [6, 6.07) is 0. The van der Waals surface area contributed by atoms with Crippen LogP contribution in [0.3, 0.4) is 0 Å². The largest absolute Gasteiger partial charge is 0.472 e. The zero-order chi connectivity index (χ0) is 71.4. The predicted molar refractivity (Wildman–Crippen MR) is 395 cm³/mol. The van der Waals surface area contributed by atoms with Gasteiger partial charge in [-0.25, -0.2) is 9.13 Å². The number of hydrogen-bond acceptors (Lipinski definition) is 15. The number of rotatable bonds is 77. The second-order valence-electron chi connectivity index (χ2n) is 29.1. The van der Waals surface area contributed by atoms with Crippen LogP contribution in [-0.2, 0) is 65.4 Å². The number of ether oxygens (including phenoxy) is 4. The normalized spacial score (nSPS) is 14.0. The Hall–Kier alpha value is -1.94. The van der Waals surface area contributed by atoms with E-state index >= 15 is 0 Å². The fraction of sp³-hybridized carbons (Fsp3) is 0.949. The Labute approximate surface area is 594 Å². The molecule has 97 heavy (non-hydrogen) atoms. The molecule has 3 N–H and O–H groups in total. The van der Waals surface area contributed by atoms with E-state index in [1.807, 2.05) is 0 Å². The highest BCUT2D eigenvalue weighted by molar-refractivity contribution is 7.47. The molecule has 0 aromatic carbocycles. The molecule has 0 aliphatic carbocycles. The summed E-state index contributed by atoms with van der Waals surface area (Å²) in [4.78, 5) is 72.7. The zero-order valence-electron chi connectivity index (χ0n) is 63.4. The van der Waals surface area contributed by atoms with Gasteiger partial charge in [-0.05, 0) is 37.5 Å². The molecule has 0 aliphatic rings. The van der Waals surface area contributed by atoms with Crippen LogP contribution in [-0.4, -0.2) is 96.7 Å². The van der Waals surface area contributed by atoms with Crippen LogP contribution in [0.4, 0.5) is 0 Å². The van der Waals surface area contributed by atoms with Crippen molar-refractivity contribution in [3.63, 3.8) is 0 Å². The van der Waals surface area contributed by atoms with E-state index in [-0.39, 0.29) is 25.7 Å². The average molecular weight is 1420 g/mol. The molecule has 0 heterocycles. The van der Waals surface area contributed by atoms with Crippen molar-refractivity contribution in [2.75, 3.05) is 39.6 Å². The van der Waals surface area contributed by atoms with E-state index in [9.17, 15) is 43.2 Å². The van der Waals surface area contributed by atoms with Gasteiger partial charge in [0.05, 0.1) is 26.4 Å². The standard InChI is InChI=1S/C78H152O17P2/c1-7-9-11-13-15-16-17-18-19-20-21-22-23-24-25-26-27-32-38-44-50-56-62-77(82)95-74(67-89-76(81)61-55-49-43-37-33-28-30-35-41-46-52-58-70(3)4)69-93-97(86,87)91-65-72(79)64-90-96(84,85)92-68-73(66-88-75(80)60-54-48-40-14-12-10-8-2)94-78(83)63-57-51-45-39-34-29-31-36-42-47-53-59-71(5)6/h70-74,79H,7-69H2,1-6H3,(H,84,85)(H,86,87)/t72-,73+,74+/m0/s1. The Morgan fingerprint density at radius 3 is 0.701 bits per heavy atom. The molecule has 0 saturated heterocycles. The first-order valence-electron chi connectivity index (χ1n) is 40.5. The van der Waals surface area contributed by atoms with Crippen molar-refractivity contribution < 1.29 is 80.2 Å².